The van der Waals surface area contributed by atoms with Crippen LogP contribution in [-0.4, -0.2) is 18.9 Å². The van der Waals surface area contributed by atoms with E-state index < -0.39 is 0 Å². The third-order valence-corrected chi connectivity index (χ3v) is 4.27. The minimum Gasteiger partial charge on any atom is -0.494 e. The highest BCUT2D eigenvalue weighted by molar-refractivity contribution is 7.99. The number of benzene rings is 2. The average molecular weight is 309 g/mol. The van der Waals surface area contributed by atoms with Crippen molar-refractivity contribution in [3.8, 4) is 5.75 Å². The van der Waals surface area contributed by atoms with Gasteiger partial charge < -0.3 is 10.5 Å². The van der Waals surface area contributed by atoms with Gasteiger partial charge in [-0.15, -0.1) is 11.8 Å². The topological polar surface area (TPSA) is 35.2 Å². The molecule has 2 rings (SSSR count). The van der Waals surface area contributed by atoms with Crippen molar-refractivity contribution in [3.05, 3.63) is 59.7 Å². The second-order valence-electron chi connectivity index (χ2n) is 4.64. The molecule has 0 aliphatic rings. The molecule has 2 nitrogen and oxygen atoms in total. The fraction of sp³-hybridized carbons (Fsp3) is 0.250. The van der Waals surface area contributed by atoms with Crippen LogP contribution in [0.25, 0.3) is 0 Å². The Bertz CT molecular complexity index is 607. The largest absolute Gasteiger partial charge is 0.494 e. The Morgan fingerprint density at radius 2 is 1.90 bits per heavy atom. The molecule has 0 aliphatic heterocycles. The van der Waals surface area contributed by atoms with E-state index in [1.54, 1.807) is 36.4 Å². The van der Waals surface area contributed by atoms with E-state index in [4.69, 9.17) is 10.5 Å². The van der Waals surface area contributed by atoms with E-state index in [9.17, 15) is 8.78 Å². The van der Waals surface area contributed by atoms with E-state index in [1.165, 1.54) is 24.9 Å². The van der Waals surface area contributed by atoms with Crippen LogP contribution in [0.1, 0.15) is 5.56 Å². The van der Waals surface area contributed by atoms with Gasteiger partial charge in [0.05, 0.1) is 7.11 Å². The highest BCUT2D eigenvalue weighted by atomic mass is 32.2. The van der Waals surface area contributed by atoms with E-state index >= 15 is 0 Å². The van der Waals surface area contributed by atoms with Crippen LogP contribution in [0, 0.1) is 11.6 Å². The fourth-order valence-electron chi connectivity index (χ4n) is 1.97. The molecule has 0 aliphatic carbocycles. The summed E-state index contributed by atoms with van der Waals surface area (Å²) in [6.07, 6.45) is 0.379. The lowest BCUT2D eigenvalue weighted by Crippen LogP contribution is -2.26. The predicted octanol–water partition coefficient (Wildman–Crippen LogP) is 3.64. The maximum absolute atomic E-state index is 14.0. The fourth-order valence-corrected chi connectivity index (χ4v) is 2.86. The summed E-state index contributed by atoms with van der Waals surface area (Å²) in [7, 11) is 1.43. The molecule has 0 heterocycles. The van der Waals surface area contributed by atoms with Crippen molar-refractivity contribution in [2.24, 2.45) is 5.73 Å². The van der Waals surface area contributed by atoms with E-state index in [1.807, 2.05) is 0 Å². The van der Waals surface area contributed by atoms with Crippen LogP contribution in [0.2, 0.25) is 0 Å². The van der Waals surface area contributed by atoms with Crippen LogP contribution in [0.5, 0.6) is 5.75 Å². The lowest BCUT2D eigenvalue weighted by molar-refractivity contribution is 0.383. The number of rotatable bonds is 6. The zero-order valence-electron chi connectivity index (χ0n) is 11.7. The minimum absolute atomic E-state index is 0.210. The lowest BCUT2D eigenvalue weighted by atomic mass is 10.1. The molecule has 5 heteroatoms. The van der Waals surface area contributed by atoms with Gasteiger partial charge in [-0.2, -0.15) is 0 Å². The molecule has 112 valence electrons. The predicted molar refractivity (Wildman–Crippen MR) is 81.8 cm³/mol. The van der Waals surface area contributed by atoms with Crippen molar-refractivity contribution in [1.82, 2.24) is 0 Å². The van der Waals surface area contributed by atoms with Crippen molar-refractivity contribution in [1.29, 1.82) is 0 Å². The second-order valence-corrected chi connectivity index (χ2v) is 5.70. The van der Waals surface area contributed by atoms with Gasteiger partial charge in [-0.25, -0.2) is 8.78 Å². The van der Waals surface area contributed by atoms with Crippen LogP contribution < -0.4 is 10.5 Å². The summed E-state index contributed by atoms with van der Waals surface area (Å²) < 4.78 is 32.4. The quantitative estimate of drug-likeness (QED) is 0.828. The van der Waals surface area contributed by atoms with Gasteiger partial charge in [0.25, 0.3) is 0 Å². The number of nitrogens with two attached hydrogens (primary N) is 1. The summed E-state index contributed by atoms with van der Waals surface area (Å²) in [6, 6.07) is 11.3. The van der Waals surface area contributed by atoms with Crippen molar-refractivity contribution in [3.63, 3.8) is 0 Å². The first-order chi connectivity index (χ1) is 10.1. The first-order valence-electron chi connectivity index (χ1n) is 6.56. The monoisotopic (exact) mass is 309 g/mol. The molecule has 1 atom stereocenters. The maximum Gasteiger partial charge on any atom is 0.168 e. The molecule has 0 amide bonds. The first kappa shape index (κ1) is 15.8. The van der Waals surface area contributed by atoms with Crippen LogP contribution in [0.3, 0.4) is 0 Å². The zero-order valence-corrected chi connectivity index (χ0v) is 12.5. The number of methoxy groups -OCH3 is 1. The lowest BCUT2D eigenvalue weighted by Gasteiger charge is -2.13. The summed E-state index contributed by atoms with van der Waals surface area (Å²) in [4.78, 5) is 0.555. The number of ether oxygens (including phenoxy) is 1. The Kier molecular flexibility index (Phi) is 5.59. The maximum atomic E-state index is 14.0. The summed E-state index contributed by atoms with van der Waals surface area (Å²) in [6.45, 7) is 0. The molecule has 0 fully saturated rings. The Balaban J connectivity index is 1.96. The van der Waals surface area contributed by atoms with Gasteiger partial charge in [-0.05, 0) is 30.2 Å². The molecule has 0 spiro atoms. The Labute approximate surface area is 127 Å². The van der Waals surface area contributed by atoms with Crippen molar-refractivity contribution in [2.75, 3.05) is 12.9 Å². The molecule has 0 bridgehead atoms. The van der Waals surface area contributed by atoms with E-state index in [2.05, 4.69) is 0 Å². The van der Waals surface area contributed by atoms with Crippen molar-refractivity contribution in [2.45, 2.75) is 17.4 Å². The van der Waals surface area contributed by atoms with E-state index in [0.717, 1.165) is 0 Å². The molecule has 1 unspecified atom stereocenters. The van der Waals surface area contributed by atoms with Gasteiger partial charge in [0, 0.05) is 16.7 Å². The molecule has 2 N–H and O–H groups in total. The standard InChI is InChI=1S/C16H17F2NOS/c1-20-14-7-4-5-11(16(14)18)9-12(19)10-21-15-8-3-2-6-13(15)17/h2-8,12H,9-10,19H2,1H3. The molecular formula is C16H17F2NOS. The SMILES string of the molecule is COc1cccc(CC(N)CSc2ccccc2F)c1F. The summed E-state index contributed by atoms with van der Waals surface area (Å²) in [5.41, 5.74) is 6.52. The number of hydrogen-bond donors (Lipinski definition) is 1. The van der Waals surface area contributed by atoms with Gasteiger partial charge in [-0.3, -0.25) is 0 Å². The molecule has 2 aromatic carbocycles. The highest BCUT2D eigenvalue weighted by Crippen LogP contribution is 2.24. The minimum atomic E-state index is -0.383. The molecule has 0 saturated carbocycles. The normalized spacial score (nSPS) is 12.2. The average Bonchev–Trinajstić information content (AvgIpc) is 2.48. The van der Waals surface area contributed by atoms with Gasteiger partial charge in [0.1, 0.15) is 5.82 Å². The Hall–Kier alpha value is -1.59. The number of thioether (sulfide) groups is 1. The first-order valence-corrected chi connectivity index (χ1v) is 7.54. The van der Waals surface area contributed by atoms with Gasteiger partial charge >= 0.3 is 0 Å². The van der Waals surface area contributed by atoms with Crippen molar-refractivity contribution >= 4 is 11.8 Å². The van der Waals surface area contributed by atoms with Gasteiger partial charge in [-0.1, -0.05) is 24.3 Å². The van der Waals surface area contributed by atoms with Crippen LogP contribution in [0.4, 0.5) is 8.78 Å². The summed E-state index contributed by atoms with van der Waals surface area (Å²) in [5.74, 6) is 0.0764. The molecule has 0 saturated heterocycles. The second kappa shape index (κ2) is 7.43. The van der Waals surface area contributed by atoms with Gasteiger partial charge in [0.2, 0.25) is 0 Å². The Morgan fingerprint density at radius 1 is 1.14 bits per heavy atom. The molecule has 21 heavy (non-hydrogen) atoms. The summed E-state index contributed by atoms with van der Waals surface area (Å²) in [5, 5.41) is 0. The third kappa shape index (κ3) is 4.19. The zero-order chi connectivity index (χ0) is 15.2. The van der Waals surface area contributed by atoms with Gasteiger partial charge in [0.15, 0.2) is 11.6 Å². The highest BCUT2D eigenvalue weighted by Gasteiger charge is 2.13. The van der Waals surface area contributed by atoms with Crippen LogP contribution >= 0.6 is 11.8 Å². The number of halogens is 2. The van der Waals surface area contributed by atoms with Crippen molar-refractivity contribution < 1.29 is 13.5 Å². The smallest absolute Gasteiger partial charge is 0.168 e. The molecule has 0 aromatic heterocycles. The Morgan fingerprint density at radius 3 is 2.62 bits per heavy atom. The summed E-state index contributed by atoms with van der Waals surface area (Å²) >= 11 is 1.34. The molecular weight excluding hydrogens is 292 g/mol. The van der Waals surface area contributed by atoms with E-state index in [0.29, 0.717) is 22.6 Å². The van der Waals surface area contributed by atoms with E-state index in [-0.39, 0.29) is 23.4 Å². The van der Waals surface area contributed by atoms with Crippen LogP contribution in [-0.2, 0) is 6.42 Å². The third-order valence-electron chi connectivity index (χ3n) is 3.03. The van der Waals surface area contributed by atoms with Crippen LogP contribution in [0.15, 0.2) is 47.4 Å². The molecule has 0 radical (unpaired) electrons. The number of hydrogen-bond acceptors (Lipinski definition) is 3. The molecule has 2 aromatic rings.